The summed E-state index contributed by atoms with van der Waals surface area (Å²) >= 11 is 0. The third-order valence-corrected chi connectivity index (χ3v) is 6.03. The van der Waals surface area contributed by atoms with Crippen molar-refractivity contribution in [2.75, 3.05) is 0 Å². The van der Waals surface area contributed by atoms with E-state index < -0.39 is 0 Å². The average Bonchev–Trinajstić information content (AvgIpc) is 3.53. The summed E-state index contributed by atoms with van der Waals surface area (Å²) in [5.74, 6) is 0.997. The molecule has 3 aromatic carbocycles. The molecular formula is C25H22N6. The number of aromatic nitrogens is 6. The van der Waals surface area contributed by atoms with E-state index in [0.29, 0.717) is 0 Å². The van der Waals surface area contributed by atoms with Gasteiger partial charge in [0.05, 0.1) is 28.6 Å². The maximum Gasteiger partial charge on any atom is 0.106 e. The number of hydrogen-bond acceptors (Lipinski definition) is 3. The van der Waals surface area contributed by atoms with Crippen molar-refractivity contribution in [1.29, 1.82) is 0 Å². The molecule has 3 aromatic heterocycles. The molecule has 6 rings (SSSR count). The van der Waals surface area contributed by atoms with Crippen molar-refractivity contribution in [3.05, 3.63) is 72.7 Å². The lowest BCUT2D eigenvalue weighted by Gasteiger charge is -2.08. The van der Waals surface area contributed by atoms with Crippen LogP contribution in [0.2, 0.25) is 0 Å². The van der Waals surface area contributed by atoms with E-state index in [9.17, 15) is 0 Å². The minimum atomic E-state index is 0.884. The van der Waals surface area contributed by atoms with E-state index in [0.717, 1.165) is 46.8 Å². The van der Waals surface area contributed by atoms with Crippen molar-refractivity contribution in [1.82, 2.24) is 29.5 Å². The molecule has 3 heterocycles. The Morgan fingerprint density at radius 3 is 2.65 bits per heavy atom. The number of para-hydroxylation sites is 1. The van der Waals surface area contributed by atoms with Gasteiger partial charge in [-0.15, -0.1) is 5.10 Å². The van der Waals surface area contributed by atoms with Crippen LogP contribution in [0.5, 0.6) is 0 Å². The molecule has 0 radical (unpaired) electrons. The number of aromatic amines is 1. The molecule has 6 aromatic rings. The Morgan fingerprint density at radius 2 is 1.77 bits per heavy atom. The quantitative estimate of drug-likeness (QED) is 0.420. The van der Waals surface area contributed by atoms with Crippen LogP contribution in [0, 0.1) is 0 Å². The van der Waals surface area contributed by atoms with E-state index in [1.165, 1.54) is 21.8 Å². The zero-order valence-electron chi connectivity index (χ0n) is 17.5. The molecule has 0 aliphatic rings. The van der Waals surface area contributed by atoms with Crippen LogP contribution in [0.3, 0.4) is 0 Å². The van der Waals surface area contributed by atoms with Gasteiger partial charge in [-0.05, 0) is 43.3 Å². The number of imidazole rings is 1. The number of nitrogens with zero attached hydrogens (tertiary/aromatic N) is 5. The second kappa shape index (κ2) is 6.80. The highest BCUT2D eigenvalue weighted by atomic mass is 15.4. The lowest BCUT2D eigenvalue weighted by Crippen LogP contribution is -2.00. The molecule has 0 aliphatic carbocycles. The van der Waals surface area contributed by atoms with Crippen LogP contribution in [0.15, 0.2) is 66.9 Å². The molecule has 0 saturated heterocycles. The van der Waals surface area contributed by atoms with Gasteiger partial charge < -0.3 is 9.55 Å². The molecule has 0 unspecified atom stereocenters. The summed E-state index contributed by atoms with van der Waals surface area (Å²) in [6, 6.07) is 21.3. The summed E-state index contributed by atoms with van der Waals surface area (Å²) < 4.78 is 4.27. The number of aryl methyl sites for hydroxylation is 2. The van der Waals surface area contributed by atoms with Gasteiger partial charge in [0.2, 0.25) is 0 Å². The van der Waals surface area contributed by atoms with Crippen molar-refractivity contribution >= 4 is 32.8 Å². The average molecular weight is 406 g/mol. The van der Waals surface area contributed by atoms with Gasteiger partial charge in [0.1, 0.15) is 5.82 Å². The molecule has 152 valence electrons. The van der Waals surface area contributed by atoms with Crippen LogP contribution in [0.25, 0.3) is 49.8 Å². The summed E-state index contributed by atoms with van der Waals surface area (Å²) in [5.41, 5.74) is 7.51. The standard InChI is InChI=1S/C25H22N6/c1-3-25-27-20-11-9-16(13-21(20)28-25)24-15-26-29-31(24)17-10-12-23-19(14-17)18-7-5-6-8-22(18)30(23)4-2/h5-15H,3-4H2,1-2H3,(H,27,28). The molecule has 0 bridgehead atoms. The van der Waals surface area contributed by atoms with Crippen LogP contribution in [-0.2, 0) is 13.0 Å². The summed E-state index contributed by atoms with van der Waals surface area (Å²) in [4.78, 5) is 8.01. The fourth-order valence-electron chi connectivity index (χ4n) is 4.53. The highest BCUT2D eigenvalue weighted by Gasteiger charge is 2.14. The third-order valence-electron chi connectivity index (χ3n) is 6.03. The maximum atomic E-state index is 4.61. The molecule has 0 fully saturated rings. The number of hydrogen-bond donors (Lipinski definition) is 1. The molecule has 6 heteroatoms. The minimum Gasteiger partial charge on any atom is -0.342 e. The van der Waals surface area contributed by atoms with Crippen LogP contribution in [0.1, 0.15) is 19.7 Å². The first-order valence-electron chi connectivity index (χ1n) is 10.7. The van der Waals surface area contributed by atoms with Gasteiger partial charge in [-0.3, -0.25) is 0 Å². The second-order valence-electron chi connectivity index (χ2n) is 7.76. The number of H-pyrrole nitrogens is 1. The lowest BCUT2D eigenvalue weighted by molar-refractivity contribution is 0.807. The molecule has 0 aliphatic heterocycles. The summed E-state index contributed by atoms with van der Waals surface area (Å²) in [7, 11) is 0. The topological polar surface area (TPSA) is 64.3 Å². The van der Waals surface area contributed by atoms with E-state index >= 15 is 0 Å². The number of nitrogens with one attached hydrogen (secondary N) is 1. The molecular weight excluding hydrogens is 384 g/mol. The molecule has 31 heavy (non-hydrogen) atoms. The Hall–Kier alpha value is -3.93. The molecule has 0 atom stereocenters. The van der Waals surface area contributed by atoms with Gasteiger partial charge in [0, 0.05) is 40.3 Å². The van der Waals surface area contributed by atoms with Gasteiger partial charge in [-0.2, -0.15) is 0 Å². The van der Waals surface area contributed by atoms with Gasteiger partial charge in [-0.1, -0.05) is 36.4 Å². The van der Waals surface area contributed by atoms with Gasteiger partial charge in [0.25, 0.3) is 0 Å². The first-order chi connectivity index (χ1) is 15.3. The Labute approximate surface area is 179 Å². The second-order valence-corrected chi connectivity index (χ2v) is 7.76. The molecule has 0 spiro atoms. The molecule has 0 amide bonds. The highest BCUT2D eigenvalue weighted by molar-refractivity contribution is 6.08. The Morgan fingerprint density at radius 1 is 0.903 bits per heavy atom. The lowest BCUT2D eigenvalue weighted by atomic mass is 10.1. The van der Waals surface area contributed by atoms with Gasteiger partial charge in [-0.25, -0.2) is 9.67 Å². The van der Waals surface area contributed by atoms with Crippen LogP contribution >= 0.6 is 0 Å². The summed E-state index contributed by atoms with van der Waals surface area (Å²) in [6.45, 7) is 5.22. The Balaban J connectivity index is 1.52. The zero-order valence-corrected chi connectivity index (χ0v) is 17.5. The summed E-state index contributed by atoms with van der Waals surface area (Å²) in [5, 5.41) is 11.1. The van der Waals surface area contributed by atoms with E-state index in [2.05, 4.69) is 99.4 Å². The van der Waals surface area contributed by atoms with E-state index in [1.54, 1.807) is 0 Å². The van der Waals surface area contributed by atoms with E-state index in [-0.39, 0.29) is 0 Å². The van der Waals surface area contributed by atoms with Gasteiger partial charge in [0.15, 0.2) is 0 Å². The molecule has 6 nitrogen and oxygen atoms in total. The maximum absolute atomic E-state index is 4.61. The van der Waals surface area contributed by atoms with Gasteiger partial charge >= 0.3 is 0 Å². The summed E-state index contributed by atoms with van der Waals surface area (Å²) in [6.07, 6.45) is 2.70. The normalized spacial score (nSPS) is 11.8. The number of fused-ring (bicyclic) bond motifs is 4. The number of benzene rings is 3. The Kier molecular flexibility index (Phi) is 3.93. The fraction of sp³-hybridized carbons (Fsp3) is 0.160. The fourth-order valence-corrected chi connectivity index (χ4v) is 4.53. The monoisotopic (exact) mass is 406 g/mol. The molecule has 1 N–H and O–H groups in total. The van der Waals surface area contributed by atoms with Crippen LogP contribution in [-0.4, -0.2) is 29.5 Å². The predicted octanol–water partition coefficient (Wildman–Crippen LogP) is 5.50. The SMILES string of the molecule is CCc1nc2ccc(-c3cnnn3-c3ccc4c(c3)c3ccccc3n4CC)cc2[nH]1. The predicted molar refractivity (Wildman–Crippen MR) is 125 cm³/mol. The van der Waals surface area contributed by atoms with Crippen molar-refractivity contribution < 1.29 is 0 Å². The van der Waals surface area contributed by atoms with E-state index in [1.807, 2.05) is 10.9 Å². The minimum absolute atomic E-state index is 0.884. The Bertz CT molecular complexity index is 1570. The first-order valence-corrected chi connectivity index (χ1v) is 10.7. The van der Waals surface area contributed by atoms with Crippen molar-refractivity contribution in [3.63, 3.8) is 0 Å². The van der Waals surface area contributed by atoms with E-state index in [4.69, 9.17) is 0 Å². The zero-order chi connectivity index (χ0) is 20.9. The number of rotatable bonds is 4. The van der Waals surface area contributed by atoms with Crippen molar-refractivity contribution in [2.24, 2.45) is 0 Å². The first kappa shape index (κ1) is 17.9. The third kappa shape index (κ3) is 2.68. The van der Waals surface area contributed by atoms with Crippen molar-refractivity contribution in [2.45, 2.75) is 26.8 Å². The molecule has 0 saturated carbocycles. The van der Waals surface area contributed by atoms with Crippen LogP contribution in [0.4, 0.5) is 0 Å². The highest BCUT2D eigenvalue weighted by Crippen LogP contribution is 2.32. The smallest absolute Gasteiger partial charge is 0.106 e. The van der Waals surface area contributed by atoms with Crippen molar-refractivity contribution in [3.8, 4) is 16.9 Å². The van der Waals surface area contributed by atoms with Crippen LogP contribution < -0.4 is 0 Å². The largest absolute Gasteiger partial charge is 0.342 e.